The Labute approximate surface area is 157 Å². The van der Waals surface area contributed by atoms with Crippen LogP contribution in [0.5, 0.6) is 0 Å². The van der Waals surface area contributed by atoms with Crippen molar-refractivity contribution in [2.45, 2.75) is 25.0 Å². The van der Waals surface area contributed by atoms with Crippen LogP contribution in [0.15, 0.2) is 36.5 Å². The molecule has 2 atom stereocenters. The first kappa shape index (κ1) is 18.2. The molecule has 2 N–H and O–H groups in total. The van der Waals surface area contributed by atoms with Crippen molar-refractivity contribution in [2.75, 3.05) is 18.5 Å². The Bertz CT molecular complexity index is 878. The zero-order valence-corrected chi connectivity index (χ0v) is 15.3. The van der Waals surface area contributed by atoms with Crippen molar-refractivity contribution in [1.82, 2.24) is 10.3 Å². The van der Waals surface area contributed by atoms with Gasteiger partial charge in [-0.1, -0.05) is 17.7 Å². The van der Waals surface area contributed by atoms with Gasteiger partial charge in [-0.3, -0.25) is 9.78 Å². The third-order valence-corrected chi connectivity index (χ3v) is 5.33. The highest BCUT2D eigenvalue weighted by Crippen LogP contribution is 2.40. The molecular weight excluding hydrogens is 352 g/mol. The summed E-state index contributed by atoms with van der Waals surface area (Å²) in [4.78, 5) is 17.8. The largest absolute Gasteiger partial charge is 0.383 e. The number of nitrogens with one attached hydrogen (secondary N) is 1. The number of aromatic nitrogens is 1. The fourth-order valence-electron chi connectivity index (χ4n) is 3.38. The van der Waals surface area contributed by atoms with Crippen molar-refractivity contribution in [2.24, 2.45) is 0 Å². The topological polar surface area (TPSA) is 89.2 Å². The van der Waals surface area contributed by atoms with Crippen LogP contribution in [0.4, 0.5) is 5.69 Å². The van der Waals surface area contributed by atoms with Crippen molar-refractivity contribution in [3.63, 3.8) is 0 Å². The van der Waals surface area contributed by atoms with Gasteiger partial charge in [0.2, 0.25) is 0 Å². The van der Waals surface area contributed by atoms with Crippen molar-refractivity contribution in [3.8, 4) is 6.07 Å². The zero-order chi connectivity index (χ0) is 18.9. The van der Waals surface area contributed by atoms with Crippen LogP contribution in [-0.4, -0.2) is 35.6 Å². The van der Waals surface area contributed by atoms with Crippen molar-refractivity contribution >= 4 is 23.2 Å². The number of hydrogen-bond donors (Lipinski definition) is 2. The first-order valence-corrected chi connectivity index (χ1v) is 8.66. The van der Waals surface area contributed by atoms with E-state index in [2.05, 4.69) is 15.2 Å². The molecule has 134 valence electrons. The van der Waals surface area contributed by atoms with Crippen LogP contribution in [0.2, 0.25) is 5.02 Å². The van der Waals surface area contributed by atoms with Crippen LogP contribution in [0.3, 0.4) is 0 Å². The Morgan fingerprint density at radius 1 is 1.46 bits per heavy atom. The van der Waals surface area contributed by atoms with E-state index in [1.54, 1.807) is 37.5 Å². The summed E-state index contributed by atoms with van der Waals surface area (Å²) in [6.45, 7) is 2.57. The lowest BCUT2D eigenvalue weighted by Crippen LogP contribution is -2.40. The number of aliphatic hydroxyl groups is 1. The average molecular weight is 371 g/mol. The third-order valence-electron chi connectivity index (χ3n) is 5.02. The van der Waals surface area contributed by atoms with Crippen LogP contribution in [-0.2, 0) is 5.60 Å². The highest BCUT2D eigenvalue weighted by atomic mass is 35.5. The van der Waals surface area contributed by atoms with Crippen LogP contribution in [0.1, 0.15) is 35.0 Å². The number of pyridine rings is 1. The molecule has 1 aromatic carbocycles. The number of carbonyl (C=O) groups excluding carboxylic acids is 1. The summed E-state index contributed by atoms with van der Waals surface area (Å²) in [5.74, 6) is -0.267. The molecule has 0 aliphatic carbocycles. The van der Waals surface area contributed by atoms with Gasteiger partial charge in [0.1, 0.15) is 17.4 Å². The van der Waals surface area contributed by atoms with E-state index in [-0.39, 0.29) is 11.9 Å². The standard InChI is InChI=1S/C19H19ClN4O2/c1-12-19(26,14-4-6-17(23-11-14)18(25)22-2)7-8-24(12)15-5-3-13(10-21)16(20)9-15/h3-6,9,11-12,26H,7-8H2,1-2H3,(H,22,25)/t12-,19+/m0/s1. The summed E-state index contributed by atoms with van der Waals surface area (Å²) in [5, 5.41) is 23.2. The summed E-state index contributed by atoms with van der Waals surface area (Å²) in [6.07, 6.45) is 2.07. The first-order valence-electron chi connectivity index (χ1n) is 8.28. The minimum absolute atomic E-state index is 0.223. The Hall–Kier alpha value is -2.62. The number of anilines is 1. The molecular formula is C19H19ClN4O2. The van der Waals surface area contributed by atoms with E-state index in [1.807, 2.05) is 19.1 Å². The molecule has 0 spiro atoms. The van der Waals surface area contributed by atoms with Gasteiger partial charge < -0.3 is 15.3 Å². The van der Waals surface area contributed by atoms with Gasteiger partial charge in [0.05, 0.1) is 16.6 Å². The van der Waals surface area contributed by atoms with Crippen LogP contribution >= 0.6 is 11.6 Å². The highest BCUT2D eigenvalue weighted by Gasteiger charge is 2.45. The molecule has 0 saturated carbocycles. The van der Waals surface area contributed by atoms with E-state index in [0.717, 1.165) is 5.69 Å². The van der Waals surface area contributed by atoms with Crippen LogP contribution in [0, 0.1) is 11.3 Å². The first-order chi connectivity index (χ1) is 12.4. The summed E-state index contributed by atoms with van der Waals surface area (Å²) in [5.41, 5.74) is 1.16. The fourth-order valence-corrected chi connectivity index (χ4v) is 3.59. The van der Waals surface area contributed by atoms with Crippen molar-refractivity contribution in [3.05, 3.63) is 58.4 Å². The molecule has 7 heteroatoms. The summed E-state index contributed by atoms with van der Waals surface area (Å²) in [6, 6.07) is 10.4. The second-order valence-corrected chi connectivity index (χ2v) is 6.74. The third kappa shape index (κ3) is 3.00. The molecule has 0 radical (unpaired) electrons. The summed E-state index contributed by atoms with van der Waals surface area (Å²) < 4.78 is 0. The maximum absolute atomic E-state index is 11.6. The lowest BCUT2D eigenvalue weighted by Gasteiger charge is -2.33. The number of nitriles is 1. The van der Waals surface area contributed by atoms with E-state index >= 15 is 0 Å². The highest BCUT2D eigenvalue weighted by molar-refractivity contribution is 6.32. The van der Waals surface area contributed by atoms with Crippen LogP contribution < -0.4 is 10.2 Å². The molecule has 3 rings (SSSR count). The number of nitrogens with zero attached hydrogens (tertiary/aromatic N) is 3. The molecule has 2 aromatic rings. The second-order valence-electron chi connectivity index (χ2n) is 6.33. The molecule has 1 amide bonds. The van der Waals surface area contributed by atoms with E-state index in [0.29, 0.717) is 34.8 Å². The monoisotopic (exact) mass is 370 g/mol. The predicted molar refractivity (Wildman–Crippen MR) is 99.1 cm³/mol. The number of hydrogen-bond acceptors (Lipinski definition) is 5. The van der Waals surface area contributed by atoms with Gasteiger partial charge in [0.25, 0.3) is 5.91 Å². The van der Waals surface area contributed by atoms with Crippen LogP contribution in [0.25, 0.3) is 0 Å². The molecule has 1 aliphatic heterocycles. The van der Waals surface area contributed by atoms with Gasteiger partial charge in [0, 0.05) is 31.0 Å². The molecule has 1 saturated heterocycles. The number of amides is 1. The van der Waals surface area contributed by atoms with E-state index in [1.165, 1.54) is 0 Å². The maximum Gasteiger partial charge on any atom is 0.269 e. The van der Waals surface area contributed by atoms with Crippen molar-refractivity contribution < 1.29 is 9.90 Å². The fraction of sp³-hybridized carbons (Fsp3) is 0.316. The molecule has 2 heterocycles. The lowest BCUT2D eigenvalue weighted by molar-refractivity contribution is 0.0326. The molecule has 1 aliphatic rings. The minimum atomic E-state index is -1.09. The van der Waals surface area contributed by atoms with Gasteiger partial charge in [-0.25, -0.2) is 0 Å². The maximum atomic E-state index is 11.6. The van der Waals surface area contributed by atoms with Gasteiger partial charge >= 0.3 is 0 Å². The quantitative estimate of drug-likeness (QED) is 0.866. The Balaban J connectivity index is 1.87. The Kier molecular flexibility index (Phi) is 4.86. The molecule has 0 bridgehead atoms. The summed E-state index contributed by atoms with van der Waals surface area (Å²) in [7, 11) is 1.55. The summed E-state index contributed by atoms with van der Waals surface area (Å²) >= 11 is 6.15. The number of halogens is 1. The Morgan fingerprint density at radius 3 is 2.81 bits per heavy atom. The van der Waals surface area contributed by atoms with E-state index < -0.39 is 5.60 Å². The average Bonchev–Trinajstić information content (AvgIpc) is 2.97. The number of carbonyl (C=O) groups is 1. The molecule has 6 nitrogen and oxygen atoms in total. The van der Waals surface area contributed by atoms with E-state index in [9.17, 15) is 9.90 Å². The van der Waals surface area contributed by atoms with Gasteiger partial charge in [-0.15, -0.1) is 0 Å². The number of rotatable bonds is 3. The number of benzene rings is 1. The molecule has 1 aromatic heterocycles. The smallest absolute Gasteiger partial charge is 0.269 e. The molecule has 0 unspecified atom stereocenters. The van der Waals surface area contributed by atoms with Crippen molar-refractivity contribution in [1.29, 1.82) is 5.26 Å². The molecule has 26 heavy (non-hydrogen) atoms. The predicted octanol–water partition coefficient (Wildman–Crippen LogP) is 2.45. The van der Waals surface area contributed by atoms with Gasteiger partial charge in [0.15, 0.2) is 0 Å². The van der Waals surface area contributed by atoms with Gasteiger partial charge in [-0.2, -0.15) is 5.26 Å². The lowest BCUT2D eigenvalue weighted by atomic mass is 9.88. The Morgan fingerprint density at radius 2 is 2.23 bits per heavy atom. The van der Waals surface area contributed by atoms with Gasteiger partial charge in [-0.05, 0) is 37.6 Å². The normalized spacial score (nSPS) is 22.1. The van der Waals surface area contributed by atoms with E-state index in [4.69, 9.17) is 16.9 Å². The SMILES string of the molecule is CNC(=O)c1ccc([C@@]2(O)CCN(c3ccc(C#N)c(Cl)c3)[C@H]2C)cn1. The minimum Gasteiger partial charge on any atom is -0.383 e. The zero-order valence-electron chi connectivity index (χ0n) is 14.5. The molecule has 1 fully saturated rings. The second kappa shape index (κ2) is 6.94.